The van der Waals surface area contributed by atoms with E-state index in [1.54, 1.807) is 25.3 Å². The minimum absolute atomic E-state index is 0.0260. The Labute approximate surface area is 133 Å². The van der Waals surface area contributed by atoms with Gasteiger partial charge in [-0.2, -0.15) is 0 Å². The monoisotopic (exact) mass is 317 g/mol. The number of carbonyl (C=O) groups excluding carboxylic acids is 1. The van der Waals surface area contributed by atoms with Crippen molar-refractivity contribution in [3.05, 3.63) is 51.7 Å². The molecular formula is C16H19N3O4. The van der Waals surface area contributed by atoms with E-state index >= 15 is 0 Å². The maximum atomic E-state index is 11.6. The Balaban J connectivity index is 2.44. The molecule has 0 aliphatic heterocycles. The van der Waals surface area contributed by atoms with Crippen LogP contribution in [0.3, 0.4) is 0 Å². The van der Waals surface area contributed by atoms with Gasteiger partial charge in [-0.1, -0.05) is 0 Å². The first kappa shape index (κ1) is 16.7. The van der Waals surface area contributed by atoms with Gasteiger partial charge < -0.3 is 15.0 Å². The van der Waals surface area contributed by atoms with Crippen LogP contribution in [0.2, 0.25) is 0 Å². The molecule has 2 rings (SSSR count). The number of amides is 1. The number of benzene rings is 1. The first-order valence-corrected chi connectivity index (χ1v) is 7.19. The number of nitro groups is 1. The van der Waals surface area contributed by atoms with Crippen LogP contribution in [0.5, 0.6) is 0 Å². The smallest absolute Gasteiger partial charge is 0.269 e. The molecule has 0 atom stereocenters. The van der Waals surface area contributed by atoms with Gasteiger partial charge >= 0.3 is 0 Å². The summed E-state index contributed by atoms with van der Waals surface area (Å²) < 4.78 is 7.05. The number of hydrogen-bond acceptors (Lipinski definition) is 4. The van der Waals surface area contributed by atoms with Gasteiger partial charge in [0.2, 0.25) is 0 Å². The third kappa shape index (κ3) is 3.57. The van der Waals surface area contributed by atoms with E-state index in [1.165, 1.54) is 12.1 Å². The minimum Gasteiger partial charge on any atom is -0.385 e. The number of non-ortho nitro benzene ring substituents is 1. The molecule has 1 amide bonds. The van der Waals surface area contributed by atoms with Crippen LogP contribution >= 0.6 is 0 Å². The lowest BCUT2D eigenvalue weighted by Gasteiger charge is -2.11. The fraction of sp³-hybridized carbons (Fsp3) is 0.312. The molecule has 1 heterocycles. The topological polar surface area (TPSA) is 100 Å². The summed E-state index contributed by atoms with van der Waals surface area (Å²) in [6, 6.07) is 7.96. The normalized spacial score (nSPS) is 10.7. The molecule has 0 spiro atoms. The van der Waals surface area contributed by atoms with Crippen molar-refractivity contribution in [2.45, 2.75) is 19.9 Å². The molecule has 0 fully saturated rings. The number of methoxy groups -OCH3 is 1. The van der Waals surface area contributed by atoms with Crippen molar-refractivity contribution in [1.29, 1.82) is 0 Å². The van der Waals surface area contributed by atoms with Crippen LogP contribution in [0, 0.1) is 17.0 Å². The van der Waals surface area contributed by atoms with Gasteiger partial charge in [-0.25, -0.2) is 0 Å². The molecule has 0 aliphatic rings. The van der Waals surface area contributed by atoms with E-state index in [1.807, 2.05) is 11.5 Å². The molecule has 0 aliphatic carbocycles. The Morgan fingerprint density at radius 3 is 2.52 bits per heavy atom. The van der Waals surface area contributed by atoms with Crippen molar-refractivity contribution >= 4 is 11.6 Å². The van der Waals surface area contributed by atoms with Gasteiger partial charge in [0.1, 0.15) is 0 Å². The molecule has 7 nitrogen and oxygen atoms in total. The molecule has 122 valence electrons. The fourth-order valence-electron chi connectivity index (χ4n) is 2.54. The number of ether oxygens (including phenoxy) is 1. The van der Waals surface area contributed by atoms with E-state index in [0.717, 1.165) is 23.4 Å². The van der Waals surface area contributed by atoms with Crippen molar-refractivity contribution in [2.75, 3.05) is 13.7 Å². The highest BCUT2D eigenvalue weighted by Gasteiger charge is 2.17. The second-order valence-electron chi connectivity index (χ2n) is 5.19. The van der Waals surface area contributed by atoms with Crippen LogP contribution in [0.1, 0.15) is 22.5 Å². The van der Waals surface area contributed by atoms with E-state index in [0.29, 0.717) is 18.7 Å². The first-order chi connectivity index (χ1) is 11.0. The average Bonchev–Trinajstić information content (AvgIpc) is 2.85. The van der Waals surface area contributed by atoms with Crippen molar-refractivity contribution in [2.24, 2.45) is 5.73 Å². The Hall–Kier alpha value is -2.67. The maximum absolute atomic E-state index is 11.6. The van der Waals surface area contributed by atoms with Gasteiger partial charge in [0.25, 0.3) is 11.6 Å². The second kappa shape index (κ2) is 7.06. The predicted molar refractivity (Wildman–Crippen MR) is 86.3 cm³/mol. The van der Waals surface area contributed by atoms with Crippen LogP contribution in [0.4, 0.5) is 5.69 Å². The number of aromatic nitrogens is 1. The average molecular weight is 317 g/mol. The Morgan fingerprint density at radius 1 is 1.35 bits per heavy atom. The zero-order valence-electron chi connectivity index (χ0n) is 13.1. The summed E-state index contributed by atoms with van der Waals surface area (Å²) in [5, 5.41) is 10.8. The van der Waals surface area contributed by atoms with Crippen molar-refractivity contribution in [3.63, 3.8) is 0 Å². The molecule has 2 aromatic rings. The van der Waals surface area contributed by atoms with E-state index in [9.17, 15) is 14.9 Å². The Bertz CT molecular complexity index is 720. The largest absolute Gasteiger partial charge is 0.385 e. The summed E-state index contributed by atoms with van der Waals surface area (Å²) in [5.74, 6) is -0.490. The molecule has 0 radical (unpaired) electrons. The summed E-state index contributed by atoms with van der Waals surface area (Å²) in [4.78, 5) is 21.9. The second-order valence-corrected chi connectivity index (χ2v) is 5.19. The Morgan fingerprint density at radius 2 is 2.00 bits per heavy atom. The van der Waals surface area contributed by atoms with Gasteiger partial charge in [0.15, 0.2) is 0 Å². The molecular weight excluding hydrogens is 298 g/mol. The van der Waals surface area contributed by atoms with Crippen molar-refractivity contribution in [1.82, 2.24) is 4.57 Å². The van der Waals surface area contributed by atoms with Gasteiger partial charge in [0.05, 0.1) is 10.5 Å². The highest BCUT2D eigenvalue weighted by Crippen LogP contribution is 2.27. The highest BCUT2D eigenvalue weighted by atomic mass is 16.6. The molecule has 0 saturated carbocycles. The number of hydrogen-bond donors (Lipinski definition) is 1. The fourth-order valence-corrected chi connectivity index (χ4v) is 2.54. The van der Waals surface area contributed by atoms with E-state index in [2.05, 4.69) is 0 Å². The lowest BCUT2D eigenvalue weighted by molar-refractivity contribution is -0.384. The molecule has 1 aromatic carbocycles. The number of carbonyl (C=O) groups is 1. The summed E-state index contributed by atoms with van der Waals surface area (Å²) >= 11 is 0. The number of rotatable bonds is 7. The standard InChI is InChI=1S/C16H19N3O4/c1-11-14(16(17)20)10-15(18(11)8-3-9-23-2)12-4-6-13(7-5-12)19(21)22/h4-7,10H,3,8-9H2,1-2H3,(H2,17,20). The summed E-state index contributed by atoms with van der Waals surface area (Å²) in [5.41, 5.74) is 8.29. The van der Waals surface area contributed by atoms with E-state index < -0.39 is 10.8 Å². The van der Waals surface area contributed by atoms with Crippen LogP contribution in [0.25, 0.3) is 11.3 Å². The van der Waals surface area contributed by atoms with Crippen LogP contribution in [-0.2, 0) is 11.3 Å². The molecule has 23 heavy (non-hydrogen) atoms. The summed E-state index contributed by atoms with van der Waals surface area (Å²) in [7, 11) is 1.63. The van der Waals surface area contributed by atoms with Crippen LogP contribution in [-0.4, -0.2) is 29.1 Å². The molecule has 0 saturated heterocycles. The van der Waals surface area contributed by atoms with Gasteiger partial charge in [-0.15, -0.1) is 0 Å². The zero-order valence-corrected chi connectivity index (χ0v) is 13.1. The minimum atomic E-state index is -0.490. The van der Waals surface area contributed by atoms with Crippen molar-refractivity contribution in [3.8, 4) is 11.3 Å². The van der Waals surface area contributed by atoms with Gasteiger partial charge in [-0.3, -0.25) is 14.9 Å². The molecule has 1 aromatic heterocycles. The third-order valence-corrected chi connectivity index (χ3v) is 3.74. The summed E-state index contributed by atoms with van der Waals surface area (Å²) in [6.45, 7) is 3.10. The lowest BCUT2D eigenvalue weighted by Crippen LogP contribution is -2.13. The zero-order chi connectivity index (χ0) is 17.0. The van der Waals surface area contributed by atoms with Crippen LogP contribution < -0.4 is 5.73 Å². The van der Waals surface area contributed by atoms with E-state index in [-0.39, 0.29) is 5.69 Å². The maximum Gasteiger partial charge on any atom is 0.269 e. The molecule has 7 heteroatoms. The number of nitrogens with zero attached hydrogens (tertiary/aromatic N) is 2. The Kier molecular flexibility index (Phi) is 5.13. The highest BCUT2D eigenvalue weighted by molar-refractivity contribution is 5.95. The van der Waals surface area contributed by atoms with Gasteiger partial charge in [-0.05, 0) is 37.1 Å². The van der Waals surface area contributed by atoms with Crippen molar-refractivity contribution < 1.29 is 14.5 Å². The lowest BCUT2D eigenvalue weighted by atomic mass is 10.1. The van der Waals surface area contributed by atoms with Gasteiger partial charge in [0, 0.05) is 43.8 Å². The third-order valence-electron chi connectivity index (χ3n) is 3.74. The SMILES string of the molecule is COCCCn1c(-c2ccc([N+](=O)[O-])cc2)cc(C(N)=O)c1C. The molecule has 2 N–H and O–H groups in total. The summed E-state index contributed by atoms with van der Waals surface area (Å²) in [6.07, 6.45) is 0.782. The molecule has 0 unspecified atom stereocenters. The molecule has 0 bridgehead atoms. The van der Waals surface area contributed by atoms with Crippen LogP contribution in [0.15, 0.2) is 30.3 Å². The number of nitrogens with two attached hydrogens (primary N) is 1. The number of primary amides is 1. The quantitative estimate of drug-likeness (QED) is 0.481. The first-order valence-electron chi connectivity index (χ1n) is 7.19. The predicted octanol–water partition coefficient (Wildman–Crippen LogP) is 2.51. The van der Waals surface area contributed by atoms with E-state index in [4.69, 9.17) is 10.5 Å². The number of nitro benzene ring substituents is 1.